The Morgan fingerprint density at radius 2 is 1.77 bits per heavy atom. The van der Waals surface area contributed by atoms with Crippen molar-refractivity contribution in [2.45, 2.75) is 65.5 Å². The van der Waals surface area contributed by atoms with Crippen LogP contribution < -0.4 is 0 Å². The van der Waals surface area contributed by atoms with Crippen LogP contribution in [0.1, 0.15) is 40.2 Å². The van der Waals surface area contributed by atoms with E-state index in [1.165, 1.54) is 5.56 Å². The van der Waals surface area contributed by atoms with E-state index < -0.39 is 8.32 Å². The van der Waals surface area contributed by atoms with Gasteiger partial charge in [0, 0.05) is 11.8 Å². The normalized spacial score (nSPS) is 15.5. The summed E-state index contributed by atoms with van der Waals surface area (Å²) in [4.78, 5) is 0. The van der Waals surface area contributed by atoms with Gasteiger partial charge in [0.15, 0.2) is 8.32 Å². The van der Waals surface area contributed by atoms with Crippen molar-refractivity contribution in [1.82, 2.24) is 0 Å². The van der Waals surface area contributed by atoms with Crippen molar-refractivity contribution < 1.29 is 9.16 Å². The molecular formula is C23H36O2Si. The molecule has 0 saturated carbocycles. The first-order valence-electron chi connectivity index (χ1n) is 9.50. The average molecular weight is 373 g/mol. The Morgan fingerprint density at radius 1 is 1.15 bits per heavy atom. The lowest BCUT2D eigenvalue weighted by atomic mass is 9.94. The quantitative estimate of drug-likeness (QED) is 0.408. The van der Waals surface area contributed by atoms with E-state index in [0.717, 1.165) is 0 Å². The van der Waals surface area contributed by atoms with Crippen LogP contribution in [-0.2, 0) is 15.8 Å². The summed E-state index contributed by atoms with van der Waals surface area (Å²) in [5.41, 5.74) is 1.20. The molecule has 0 saturated heterocycles. The second kappa shape index (κ2) is 10.1. The van der Waals surface area contributed by atoms with Crippen LogP contribution in [0.25, 0.3) is 0 Å². The summed E-state index contributed by atoms with van der Waals surface area (Å²) in [6, 6.07) is 10.3. The molecule has 1 aromatic carbocycles. The maximum atomic E-state index is 6.75. The molecule has 0 aliphatic carbocycles. The zero-order chi connectivity index (χ0) is 19.8. The second-order valence-corrected chi connectivity index (χ2v) is 13.4. The first kappa shape index (κ1) is 22.7. The highest BCUT2D eigenvalue weighted by atomic mass is 28.4. The topological polar surface area (TPSA) is 18.5 Å². The number of hydrogen-bond acceptors (Lipinski definition) is 2. The van der Waals surface area contributed by atoms with Gasteiger partial charge in [-0.1, -0.05) is 76.4 Å². The monoisotopic (exact) mass is 372 g/mol. The fourth-order valence-electron chi connectivity index (χ4n) is 2.53. The van der Waals surface area contributed by atoms with E-state index in [4.69, 9.17) is 9.16 Å². The van der Waals surface area contributed by atoms with Crippen molar-refractivity contribution >= 4 is 8.32 Å². The van der Waals surface area contributed by atoms with Crippen LogP contribution in [0.15, 0.2) is 43.0 Å². The van der Waals surface area contributed by atoms with Gasteiger partial charge >= 0.3 is 0 Å². The Balaban J connectivity index is 2.80. The highest BCUT2D eigenvalue weighted by molar-refractivity contribution is 6.74. The van der Waals surface area contributed by atoms with Gasteiger partial charge in [-0.2, -0.15) is 0 Å². The number of rotatable bonds is 8. The lowest BCUT2D eigenvalue weighted by Gasteiger charge is -2.42. The van der Waals surface area contributed by atoms with Crippen molar-refractivity contribution in [3.63, 3.8) is 0 Å². The van der Waals surface area contributed by atoms with E-state index in [1.54, 1.807) is 6.08 Å². The molecule has 0 unspecified atom stereocenters. The van der Waals surface area contributed by atoms with Gasteiger partial charge in [-0.3, -0.25) is 0 Å². The predicted molar refractivity (Wildman–Crippen MR) is 114 cm³/mol. The van der Waals surface area contributed by atoms with Gasteiger partial charge in [0.05, 0.1) is 19.3 Å². The van der Waals surface area contributed by atoms with Gasteiger partial charge in [-0.15, -0.1) is 0 Å². The molecule has 0 spiro atoms. The first-order valence-corrected chi connectivity index (χ1v) is 12.4. The van der Waals surface area contributed by atoms with Gasteiger partial charge in [0.2, 0.25) is 0 Å². The molecule has 1 aromatic rings. The Labute approximate surface area is 162 Å². The Hall–Kier alpha value is -1.34. The Morgan fingerprint density at radius 3 is 2.31 bits per heavy atom. The summed E-state index contributed by atoms with van der Waals surface area (Å²) in [7, 11) is -1.89. The molecule has 2 nitrogen and oxygen atoms in total. The minimum Gasteiger partial charge on any atom is -0.412 e. The van der Waals surface area contributed by atoms with Crippen LogP contribution in [0.5, 0.6) is 0 Å². The molecule has 3 heteroatoms. The smallest absolute Gasteiger partial charge is 0.192 e. The molecule has 0 aliphatic heterocycles. The molecule has 0 amide bonds. The van der Waals surface area contributed by atoms with E-state index in [2.05, 4.69) is 78.3 Å². The SMILES string of the molecule is C=CC#C[C@H](C)[C@H](O[Si](C)(C)C(C)(C)C)[C@@H](C)COCc1ccccc1. The molecule has 0 bridgehead atoms. The van der Waals surface area contributed by atoms with Crippen molar-refractivity contribution in [2.24, 2.45) is 11.8 Å². The van der Waals surface area contributed by atoms with Crippen LogP contribution in [0.3, 0.4) is 0 Å². The van der Waals surface area contributed by atoms with Gasteiger partial charge in [0.1, 0.15) is 0 Å². The van der Waals surface area contributed by atoms with Crippen LogP contribution in [0.2, 0.25) is 18.1 Å². The minimum atomic E-state index is -1.89. The molecule has 0 heterocycles. The second-order valence-electron chi connectivity index (χ2n) is 8.60. The van der Waals surface area contributed by atoms with E-state index in [-0.39, 0.29) is 23.0 Å². The maximum Gasteiger partial charge on any atom is 0.192 e. The number of hydrogen-bond donors (Lipinski definition) is 0. The summed E-state index contributed by atoms with van der Waals surface area (Å²) < 4.78 is 12.7. The molecule has 0 aromatic heterocycles. The molecule has 0 N–H and O–H groups in total. The largest absolute Gasteiger partial charge is 0.412 e. The average Bonchev–Trinajstić information content (AvgIpc) is 2.57. The van der Waals surface area contributed by atoms with E-state index >= 15 is 0 Å². The van der Waals surface area contributed by atoms with Crippen molar-refractivity contribution in [1.29, 1.82) is 0 Å². The lowest BCUT2D eigenvalue weighted by molar-refractivity contribution is 0.0210. The molecule has 0 radical (unpaired) electrons. The fourth-order valence-corrected chi connectivity index (χ4v) is 4.00. The van der Waals surface area contributed by atoms with Gasteiger partial charge in [-0.05, 0) is 36.7 Å². The predicted octanol–water partition coefficient (Wildman–Crippen LogP) is 6.06. The van der Waals surface area contributed by atoms with Gasteiger partial charge in [0.25, 0.3) is 0 Å². The zero-order valence-electron chi connectivity index (χ0n) is 17.6. The first-order chi connectivity index (χ1) is 12.1. The molecular weight excluding hydrogens is 336 g/mol. The summed E-state index contributed by atoms with van der Waals surface area (Å²) in [5, 5.41) is 0.168. The molecule has 1 rings (SSSR count). The summed E-state index contributed by atoms with van der Waals surface area (Å²) >= 11 is 0. The van der Waals surface area contributed by atoms with Crippen molar-refractivity contribution in [3.05, 3.63) is 48.6 Å². The lowest BCUT2D eigenvalue weighted by Crippen LogP contribution is -2.47. The number of ether oxygens (including phenoxy) is 1. The molecule has 0 aliphatic rings. The molecule has 26 heavy (non-hydrogen) atoms. The zero-order valence-corrected chi connectivity index (χ0v) is 18.6. The third-order valence-corrected chi connectivity index (χ3v) is 9.67. The van der Waals surface area contributed by atoms with Crippen LogP contribution in [0.4, 0.5) is 0 Å². The van der Waals surface area contributed by atoms with Gasteiger partial charge < -0.3 is 9.16 Å². The van der Waals surface area contributed by atoms with Crippen LogP contribution >= 0.6 is 0 Å². The third-order valence-electron chi connectivity index (χ3n) is 5.20. The molecule has 3 atom stereocenters. The van der Waals surface area contributed by atoms with E-state index in [9.17, 15) is 0 Å². The fraction of sp³-hybridized carbons (Fsp3) is 0.565. The van der Waals surface area contributed by atoms with Crippen molar-refractivity contribution in [3.8, 4) is 11.8 Å². The van der Waals surface area contributed by atoms with E-state index in [1.807, 2.05) is 18.2 Å². The van der Waals surface area contributed by atoms with Gasteiger partial charge in [-0.25, -0.2) is 0 Å². The highest BCUT2D eigenvalue weighted by Gasteiger charge is 2.41. The summed E-state index contributed by atoms with van der Waals surface area (Å²) in [6.45, 7) is 20.7. The number of allylic oxidation sites excluding steroid dienone is 1. The maximum absolute atomic E-state index is 6.75. The minimum absolute atomic E-state index is 0.0547. The third kappa shape index (κ3) is 7.11. The summed E-state index contributed by atoms with van der Waals surface area (Å²) in [5.74, 6) is 6.67. The van der Waals surface area contributed by atoms with Crippen LogP contribution in [-0.4, -0.2) is 21.0 Å². The van der Waals surface area contributed by atoms with Crippen molar-refractivity contribution in [2.75, 3.05) is 6.61 Å². The number of benzene rings is 1. The molecule has 144 valence electrons. The molecule has 0 fully saturated rings. The summed E-state index contributed by atoms with van der Waals surface area (Å²) in [6.07, 6.45) is 1.70. The standard InChI is InChI=1S/C23H36O2Si/c1-9-10-14-19(2)22(25-26(7,8)23(4,5)6)20(3)17-24-18-21-15-12-11-13-16-21/h9,11-13,15-16,19-20,22H,1,17-18H2,2-8H3/t19-,20-,22-/m0/s1. The Bertz CT molecular complexity index is 605. The highest BCUT2D eigenvalue weighted by Crippen LogP contribution is 2.39. The van der Waals surface area contributed by atoms with E-state index in [0.29, 0.717) is 13.2 Å². The van der Waals surface area contributed by atoms with Crippen LogP contribution in [0, 0.1) is 23.7 Å². The Kier molecular flexibility index (Phi) is 8.83.